The van der Waals surface area contributed by atoms with Gasteiger partial charge in [0, 0.05) is 25.2 Å². The third kappa shape index (κ3) is 5.87. The highest BCUT2D eigenvalue weighted by Crippen LogP contribution is 2.27. The minimum Gasteiger partial charge on any atom is -0.313 e. The van der Waals surface area contributed by atoms with Gasteiger partial charge in [-0.15, -0.1) is 0 Å². The summed E-state index contributed by atoms with van der Waals surface area (Å²) < 4.78 is 0. The molecule has 2 nitrogen and oxygen atoms in total. The molecule has 1 N–H and O–H groups in total. The van der Waals surface area contributed by atoms with Gasteiger partial charge in [-0.2, -0.15) is 0 Å². The van der Waals surface area contributed by atoms with Gasteiger partial charge >= 0.3 is 0 Å². The van der Waals surface area contributed by atoms with Crippen molar-refractivity contribution in [3.8, 4) is 0 Å². The number of likely N-dealkylation sites (N-methyl/N-ethyl adjacent to an activating group) is 1. The summed E-state index contributed by atoms with van der Waals surface area (Å²) in [6.07, 6.45) is 8.51. The van der Waals surface area contributed by atoms with E-state index in [1.54, 1.807) is 0 Å². The van der Waals surface area contributed by atoms with Gasteiger partial charge in [0.1, 0.15) is 0 Å². The molecule has 1 aliphatic carbocycles. The summed E-state index contributed by atoms with van der Waals surface area (Å²) in [7, 11) is 2.21. The Labute approximate surface area is 108 Å². The molecule has 0 aromatic heterocycles. The molecule has 1 fully saturated rings. The standard InChI is InChI=1S/C15H32N2/c1-5-6-14-7-9-15(10-8-14)16-11-12-17(4)13(2)3/h13-16H,5-12H2,1-4H3. The molecule has 0 aromatic carbocycles. The van der Waals surface area contributed by atoms with Crippen LogP contribution in [0.15, 0.2) is 0 Å². The summed E-state index contributed by atoms with van der Waals surface area (Å²) >= 11 is 0. The SMILES string of the molecule is CCCC1CCC(NCCN(C)C(C)C)CC1. The molecular weight excluding hydrogens is 208 g/mol. The van der Waals surface area contributed by atoms with E-state index in [4.69, 9.17) is 0 Å². The van der Waals surface area contributed by atoms with Crippen LogP contribution < -0.4 is 5.32 Å². The maximum absolute atomic E-state index is 3.73. The molecule has 0 aromatic rings. The highest BCUT2D eigenvalue weighted by Gasteiger charge is 2.19. The Kier molecular flexibility index (Phi) is 7.14. The first-order valence-corrected chi connectivity index (χ1v) is 7.57. The molecular formula is C15H32N2. The molecule has 1 aliphatic rings. The Morgan fingerprint density at radius 2 is 1.82 bits per heavy atom. The van der Waals surface area contributed by atoms with E-state index in [2.05, 4.69) is 38.0 Å². The molecule has 1 rings (SSSR count). The number of nitrogens with zero attached hydrogens (tertiary/aromatic N) is 1. The fourth-order valence-electron chi connectivity index (χ4n) is 2.77. The van der Waals surface area contributed by atoms with Crippen molar-refractivity contribution in [2.24, 2.45) is 5.92 Å². The van der Waals surface area contributed by atoms with E-state index in [0.29, 0.717) is 6.04 Å². The zero-order valence-corrected chi connectivity index (χ0v) is 12.3. The number of hydrogen-bond donors (Lipinski definition) is 1. The number of rotatable bonds is 7. The van der Waals surface area contributed by atoms with Crippen LogP contribution in [0.2, 0.25) is 0 Å². The predicted octanol–water partition coefficient (Wildman–Crippen LogP) is 3.28. The van der Waals surface area contributed by atoms with Crippen molar-refractivity contribution in [2.45, 2.75) is 71.4 Å². The van der Waals surface area contributed by atoms with Crippen molar-refractivity contribution in [1.82, 2.24) is 10.2 Å². The Bertz CT molecular complexity index is 183. The van der Waals surface area contributed by atoms with Gasteiger partial charge in [-0.3, -0.25) is 0 Å². The topological polar surface area (TPSA) is 15.3 Å². The lowest BCUT2D eigenvalue weighted by molar-refractivity contribution is 0.245. The van der Waals surface area contributed by atoms with Crippen LogP contribution in [0.5, 0.6) is 0 Å². The molecule has 17 heavy (non-hydrogen) atoms. The summed E-state index contributed by atoms with van der Waals surface area (Å²) in [6.45, 7) is 9.16. The van der Waals surface area contributed by atoms with E-state index in [1.807, 2.05) is 0 Å². The third-order valence-corrected chi connectivity index (χ3v) is 4.32. The zero-order valence-electron chi connectivity index (χ0n) is 12.3. The van der Waals surface area contributed by atoms with E-state index in [1.165, 1.54) is 45.1 Å². The molecule has 0 bridgehead atoms. The molecule has 0 radical (unpaired) electrons. The van der Waals surface area contributed by atoms with E-state index in [0.717, 1.165) is 18.5 Å². The quantitative estimate of drug-likeness (QED) is 0.735. The first kappa shape index (κ1) is 15.0. The molecule has 0 unspecified atom stereocenters. The lowest BCUT2D eigenvalue weighted by Gasteiger charge is -2.30. The van der Waals surface area contributed by atoms with E-state index < -0.39 is 0 Å². The van der Waals surface area contributed by atoms with Gasteiger partial charge in [0.15, 0.2) is 0 Å². The second-order valence-corrected chi connectivity index (χ2v) is 6.03. The predicted molar refractivity (Wildman–Crippen MR) is 76.4 cm³/mol. The van der Waals surface area contributed by atoms with Crippen LogP contribution in [0, 0.1) is 5.92 Å². The lowest BCUT2D eigenvalue weighted by atomic mass is 9.83. The van der Waals surface area contributed by atoms with Crippen molar-refractivity contribution in [2.75, 3.05) is 20.1 Å². The maximum Gasteiger partial charge on any atom is 0.0107 e. The highest BCUT2D eigenvalue weighted by atomic mass is 15.1. The van der Waals surface area contributed by atoms with Crippen LogP contribution in [0.3, 0.4) is 0 Å². The van der Waals surface area contributed by atoms with E-state index in [-0.39, 0.29) is 0 Å². The smallest absolute Gasteiger partial charge is 0.0107 e. The molecule has 0 spiro atoms. The summed E-state index contributed by atoms with van der Waals surface area (Å²) in [5.41, 5.74) is 0. The van der Waals surface area contributed by atoms with Crippen molar-refractivity contribution in [1.29, 1.82) is 0 Å². The van der Waals surface area contributed by atoms with Crippen LogP contribution in [0.4, 0.5) is 0 Å². The van der Waals surface area contributed by atoms with Gasteiger partial charge in [-0.05, 0) is 52.5 Å². The third-order valence-electron chi connectivity index (χ3n) is 4.32. The first-order valence-electron chi connectivity index (χ1n) is 7.57. The Morgan fingerprint density at radius 1 is 1.18 bits per heavy atom. The van der Waals surface area contributed by atoms with Gasteiger partial charge in [-0.25, -0.2) is 0 Å². The van der Waals surface area contributed by atoms with Crippen molar-refractivity contribution >= 4 is 0 Å². The number of nitrogens with one attached hydrogen (secondary N) is 1. The maximum atomic E-state index is 3.73. The molecule has 1 saturated carbocycles. The normalized spacial score (nSPS) is 25.8. The Balaban J connectivity index is 2.06. The van der Waals surface area contributed by atoms with Crippen molar-refractivity contribution < 1.29 is 0 Å². The minimum atomic E-state index is 0.664. The van der Waals surface area contributed by atoms with Gasteiger partial charge < -0.3 is 10.2 Å². The molecule has 0 saturated heterocycles. The molecule has 0 atom stereocenters. The lowest BCUT2D eigenvalue weighted by Crippen LogP contribution is -2.39. The second-order valence-electron chi connectivity index (χ2n) is 6.03. The molecule has 0 aliphatic heterocycles. The van der Waals surface area contributed by atoms with Crippen LogP contribution in [-0.4, -0.2) is 37.1 Å². The van der Waals surface area contributed by atoms with Crippen LogP contribution in [-0.2, 0) is 0 Å². The van der Waals surface area contributed by atoms with E-state index in [9.17, 15) is 0 Å². The fraction of sp³-hybridized carbons (Fsp3) is 1.00. The monoisotopic (exact) mass is 240 g/mol. The fourth-order valence-corrected chi connectivity index (χ4v) is 2.77. The van der Waals surface area contributed by atoms with Crippen molar-refractivity contribution in [3.05, 3.63) is 0 Å². The summed E-state index contributed by atoms with van der Waals surface area (Å²) in [5.74, 6) is 1.02. The summed E-state index contributed by atoms with van der Waals surface area (Å²) in [4.78, 5) is 2.41. The average molecular weight is 240 g/mol. The van der Waals surface area contributed by atoms with Gasteiger partial charge in [-0.1, -0.05) is 19.8 Å². The number of hydrogen-bond acceptors (Lipinski definition) is 2. The molecule has 2 heteroatoms. The van der Waals surface area contributed by atoms with E-state index >= 15 is 0 Å². The average Bonchev–Trinajstić information content (AvgIpc) is 2.31. The van der Waals surface area contributed by atoms with Crippen LogP contribution in [0.25, 0.3) is 0 Å². The van der Waals surface area contributed by atoms with Crippen molar-refractivity contribution in [3.63, 3.8) is 0 Å². The second kappa shape index (κ2) is 8.10. The van der Waals surface area contributed by atoms with Crippen LogP contribution >= 0.6 is 0 Å². The Hall–Kier alpha value is -0.0800. The van der Waals surface area contributed by atoms with Gasteiger partial charge in [0.05, 0.1) is 0 Å². The van der Waals surface area contributed by atoms with Gasteiger partial charge in [0.2, 0.25) is 0 Å². The molecule has 0 amide bonds. The van der Waals surface area contributed by atoms with Crippen LogP contribution in [0.1, 0.15) is 59.3 Å². The first-order chi connectivity index (χ1) is 8.13. The summed E-state index contributed by atoms with van der Waals surface area (Å²) in [6, 6.07) is 1.46. The highest BCUT2D eigenvalue weighted by molar-refractivity contribution is 4.77. The largest absolute Gasteiger partial charge is 0.313 e. The molecule has 102 valence electrons. The Morgan fingerprint density at radius 3 is 2.35 bits per heavy atom. The minimum absolute atomic E-state index is 0.664. The molecule has 0 heterocycles. The van der Waals surface area contributed by atoms with Gasteiger partial charge in [0.25, 0.3) is 0 Å². The summed E-state index contributed by atoms with van der Waals surface area (Å²) in [5, 5.41) is 3.73. The zero-order chi connectivity index (χ0) is 12.7.